The van der Waals surface area contributed by atoms with Crippen molar-refractivity contribution in [3.63, 3.8) is 0 Å². The van der Waals surface area contributed by atoms with Gasteiger partial charge in [0.05, 0.1) is 16.8 Å². The van der Waals surface area contributed by atoms with Crippen LogP contribution < -0.4 is 4.90 Å². The van der Waals surface area contributed by atoms with Crippen LogP contribution in [0.25, 0.3) is 6.08 Å². The molecule has 116 valence electrons. The van der Waals surface area contributed by atoms with E-state index in [1.807, 2.05) is 18.2 Å². The van der Waals surface area contributed by atoms with Crippen molar-refractivity contribution in [3.05, 3.63) is 53.1 Å². The molecule has 0 spiro atoms. The van der Waals surface area contributed by atoms with Gasteiger partial charge in [-0.2, -0.15) is 0 Å². The topological polar surface area (TPSA) is 46.3 Å². The molecular weight excluding hydrogens is 328 g/mol. The average Bonchev–Trinajstić information content (AvgIpc) is 2.98. The van der Waals surface area contributed by atoms with Gasteiger partial charge in [0.1, 0.15) is 11.5 Å². The highest BCUT2D eigenvalue weighted by Crippen LogP contribution is 2.47. The normalized spacial score (nSPS) is 25.4. The number of carbonyl (C=O) groups is 1. The molecule has 0 bridgehead atoms. The summed E-state index contributed by atoms with van der Waals surface area (Å²) < 4.78 is 6.36. The molecule has 23 heavy (non-hydrogen) atoms. The summed E-state index contributed by atoms with van der Waals surface area (Å²) in [6, 6.07) is 7.52. The van der Waals surface area contributed by atoms with Gasteiger partial charge in [-0.1, -0.05) is 30.9 Å². The van der Waals surface area contributed by atoms with Crippen molar-refractivity contribution in [2.45, 2.75) is 19.3 Å². The van der Waals surface area contributed by atoms with E-state index in [4.69, 9.17) is 16.6 Å². The van der Waals surface area contributed by atoms with E-state index >= 15 is 0 Å². The number of anilines is 1. The van der Waals surface area contributed by atoms with Crippen LogP contribution in [0.1, 0.15) is 30.8 Å². The maximum Gasteiger partial charge on any atom is 0.270 e. The highest BCUT2D eigenvalue weighted by molar-refractivity contribution is 8.27. The molecule has 2 aliphatic rings. The zero-order chi connectivity index (χ0) is 16.0. The van der Waals surface area contributed by atoms with E-state index in [1.54, 1.807) is 24.5 Å². The van der Waals surface area contributed by atoms with Crippen LogP contribution in [0, 0.1) is 5.92 Å². The first-order valence-corrected chi connectivity index (χ1v) is 8.63. The van der Waals surface area contributed by atoms with Crippen LogP contribution in [0.4, 0.5) is 5.69 Å². The van der Waals surface area contributed by atoms with Crippen molar-refractivity contribution in [2.24, 2.45) is 5.92 Å². The molecule has 1 aliphatic carbocycles. The van der Waals surface area contributed by atoms with Gasteiger partial charge in [0.25, 0.3) is 5.91 Å². The van der Waals surface area contributed by atoms with Crippen molar-refractivity contribution >= 4 is 46.0 Å². The molecule has 1 saturated heterocycles. The lowest BCUT2D eigenvalue weighted by Gasteiger charge is -2.13. The Bertz CT molecular complexity index is 813. The standard InChI is InChI=1S/C17H14N2O2S2/c1-10-7-13(10)14-5-4-12(21-14)8-15-16(20)19(17(22)23-15)11-3-2-6-18-9-11/h2-6,8-10,13H,7H2,1H3/b15-8-/t10-,13-/m0/s1. The molecule has 3 heterocycles. The van der Waals surface area contributed by atoms with E-state index in [1.165, 1.54) is 23.1 Å². The maximum atomic E-state index is 12.6. The number of carbonyl (C=O) groups excluding carboxylic acids is 1. The number of furan rings is 1. The van der Waals surface area contributed by atoms with Crippen molar-refractivity contribution in [1.82, 2.24) is 4.98 Å². The van der Waals surface area contributed by atoms with Crippen LogP contribution >= 0.6 is 24.0 Å². The third-order valence-electron chi connectivity index (χ3n) is 4.09. The Labute approximate surface area is 143 Å². The number of rotatable bonds is 3. The Hall–Kier alpha value is -1.92. The number of hydrogen-bond acceptors (Lipinski definition) is 5. The Kier molecular flexibility index (Phi) is 3.58. The lowest BCUT2D eigenvalue weighted by Crippen LogP contribution is -2.27. The van der Waals surface area contributed by atoms with Crippen LogP contribution in [0.3, 0.4) is 0 Å². The van der Waals surface area contributed by atoms with E-state index in [0.717, 1.165) is 5.76 Å². The molecule has 2 aromatic rings. The third-order valence-corrected chi connectivity index (χ3v) is 5.40. The lowest BCUT2D eigenvalue weighted by molar-refractivity contribution is -0.113. The van der Waals surface area contributed by atoms with E-state index in [-0.39, 0.29) is 5.91 Å². The molecule has 0 aromatic carbocycles. The summed E-state index contributed by atoms with van der Waals surface area (Å²) >= 11 is 6.62. The molecule has 1 aliphatic heterocycles. The number of amides is 1. The minimum absolute atomic E-state index is 0.134. The molecule has 6 heteroatoms. The largest absolute Gasteiger partial charge is 0.461 e. The second-order valence-electron chi connectivity index (χ2n) is 5.79. The fraction of sp³-hybridized carbons (Fsp3) is 0.235. The van der Waals surface area contributed by atoms with Gasteiger partial charge in [0.15, 0.2) is 4.32 Å². The van der Waals surface area contributed by atoms with Crippen LogP contribution in [-0.2, 0) is 4.79 Å². The smallest absolute Gasteiger partial charge is 0.270 e. The molecule has 1 amide bonds. The molecule has 2 atom stereocenters. The summed E-state index contributed by atoms with van der Waals surface area (Å²) in [4.78, 5) is 18.7. The molecule has 0 N–H and O–H groups in total. The zero-order valence-corrected chi connectivity index (χ0v) is 14.1. The Morgan fingerprint density at radius 3 is 2.96 bits per heavy atom. The van der Waals surface area contributed by atoms with Crippen molar-refractivity contribution < 1.29 is 9.21 Å². The highest BCUT2D eigenvalue weighted by atomic mass is 32.2. The summed E-state index contributed by atoms with van der Waals surface area (Å²) in [6.45, 7) is 2.21. The summed E-state index contributed by atoms with van der Waals surface area (Å²) in [5.74, 6) is 2.79. The monoisotopic (exact) mass is 342 g/mol. The van der Waals surface area contributed by atoms with E-state index in [2.05, 4.69) is 11.9 Å². The summed E-state index contributed by atoms with van der Waals surface area (Å²) in [6.07, 6.45) is 6.25. The highest BCUT2D eigenvalue weighted by Gasteiger charge is 2.37. The number of aromatic nitrogens is 1. The number of thioether (sulfide) groups is 1. The van der Waals surface area contributed by atoms with Gasteiger partial charge >= 0.3 is 0 Å². The number of pyridine rings is 1. The second kappa shape index (κ2) is 5.62. The minimum atomic E-state index is -0.134. The molecule has 2 fully saturated rings. The third kappa shape index (κ3) is 2.72. The average molecular weight is 342 g/mol. The molecule has 0 radical (unpaired) electrons. The lowest BCUT2D eigenvalue weighted by atomic mass is 10.3. The molecule has 4 nitrogen and oxygen atoms in total. The SMILES string of the molecule is C[C@H]1C[C@@H]1c1ccc(/C=C2\SC(=S)N(c3cccnc3)C2=O)o1. The van der Waals surface area contributed by atoms with Gasteiger partial charge in [-0.3, -0.25) is 14.7 Å². The molecule has 0 unspecified atom stereocenters. The van der Waals surface area contributed by atoms with Crippen LogP contribution in [-0.4, -0.2) is 15.2 Å². The molecular formula is C17H14N2O2S2. The fourth-order valence-electron chi connectivity index (χ4n) is 2.67. The predicted molar refractivity (Wildman–Crippen MR) is 95.1 cm³/mol. The van der Waals surface area contributed by atoms with Gasteiger partial charge in [0.2, 0.25) is 0 Å². The summed E-state index contributed by atoms with van der Waals surface area (Å²) in [7, 11) is 0. The summed E-state index contributed by atoms with van der Waals surface area (Å²) in [5, 5.41) is 0. The van der Waals surface area contributed by atoms with Crippen molar-refractivity contribution in [1.29, 1.82) is 0 Å². The fourth-order valence-corrected chi connectivity index (χ4v) is 3.95. The Morgan fingerprint density at radius 1 is 1.43 bits per heavy atom. The number of hydrogen-bond donors (Lipinski definition) is 0. The van der Waals surface area contributed by atoms with Crippen molar-refractivity contribution in [2.75, 3.05) is 4.90 Å². The van der Waals surface area contributed by atoms with Gasteiger partial charge in [-0.25, -0.2) is 0 Å². The number of nitrogens with zero attached hydrogens (tertiary/aromatic N) is 2. The van der Waals surface area contributed by atoms with Gasteiger partial charge in [-0.05, 0) is 36.6 Å². The number of thiocarbonyl (C=S) groups is 1. The predicted octanol–water partition coefficient (Wildman–Crippen LogP) is 4.20. The van der Waals surface area contributed by atoms with E-state index in [9.17, 15) is 4.79 Å². The van der Waals surface area contributed by atoms with Gasteiger partial charge in [0, 0.05) is 18.2 Å². The minimum Gasteiger partial charge on any atom is -0.461 e. The summed E-state index contributed by atoms with van der Waals surface area (Å²) in [5.41, 5.74) is 0.685. The molecule has 4 rings (SSSR count). The molecule has 2 aromatic heterocycles. The van der Waals surface area contributed by atoms with E-state index in [0.29, 0.717) is 32.5 Å². The maximum absolute atomic E-state index is 12.6. The van der Waals surface area contributed by atoms with Gasteiger partial charge < -0.3 is 4.42 Å². The Morgan fingerprint density at radius 2 is 2.26 bits per heavy atom. The van der Waals surface area contributed by atoms with Gasteiger partial charge in [-0.15, -0.1) is 0 Å². The molecule has 1 saturated carbocycles. The first-order chi connectivity index (χ1) is 11.1. The first kappa shape index (κ1) is 14.7. The van der Waals surface area contributed by atoms with Crippen LogP contribution in [0.5, 0.6) is 0 Å². The zero-order valence-electron chi connectivity index (χ0n) is 12.4. The van der Waals surface area contributed by atoms with Crippen LogP contribution in [0.15, 0.2) is 46.0 Å². The first-order valence-electron chi connectivity index (χ1n) is 7.41. The Balaban J connectivity index is 1.59. The van der Waals surface area contributed by atoms with Crippen molar-refractivity contribution in [3.8, 4) is 0 Å². The van der Waals surface area contributed by atoms with Crippen LogP contribution in [0.2, 0.25) is 0 Å². The van der Waals surface area contributed by atoms with E-state index < -0.39 is 0 Å². The second-order valence-corrected chi connectivity index (χ2v) is 7.46. The quantitative estimate of drug-likeness (QED) is 0.618.